The van der Waals surface area contributed by atoms with Crippen LogP contribution in [0.1, 0.15) is 95.9 Å². The Morgan fingerprint density at radius 3 is 1.59 bits per heavy atom. The molecule has 2 aromatic carbocycles. The lowest BCUT2D eigenvalue weighted by atomic mass is 9.77. The molecule has 3 heterocycles. The average Bonchev–Trinajstić information content (AvgIpc) is 1.56. The van der Waals surface area contributed by atoms with Gasteiger partial charge in [-0.1, -0.05) is 33.3 Å². The number of amides is 2. The number of hydroxylamine groups is 2. The Morgan fingerprint density at radius 2 is 1.12 bits per heavy atom. The molecule has 2 amide bonds. The Bertz CT molecular complexity index is 2940. The van der Waals surface area contributed by atoms with Gasteiger partial charge in [-0.25, -0.2) is 9.21 Å². The maximum absolute atomic E-state index is 12.6. The number of carbonyl (C=O) groups is 3. The lowest BCUT2D eigenvalue weighted by Crippen LogP contribution is -2.32. The van der Waals surface area contributed by atoms with E-state index in [4.69, 9.17) is 66.1 Å². The average molecular weight is 1340 g/mol. The fraction of sp³-hybridized carbons (Fsp3) is 0.656. The zero-order valence-corrected chi connectivity index (χ0v) is 56.1. The van der Waals surface area contributed by atoms with E-state index in [1.165, 1.54) is 12.1 Å². The van der Waals surface area contributed by atoms with Gasteiger partial charge in [-0.2, -0.15) is 16.8 Å². The number of methoxy groups -OCH3 is 2. The number of hydrogen-bond donors (Lipinski definition) is 2. The number of benzene rings is 2. The van der Waals surface area contributed by atoms with Gasteiger partial charge in [-0.3, -0.25) is 18.7 Å². The molecule has 2 N–H and O–H groups in total. The van der Waals surface area contributed by atoms with Crippen LogP contribution >= 0.6 is 0 Å². The second kappa shape index (κ2) is 41.7. The Balaban J connectivity index is 1.31. The Labute approximate surface area is 542 Å². The highest BCUT2D eigenvalue weighted by atomic mass is 32.2. The highest BCUT2D eigenvalue weighted by molar-refractivity contribution is 7.86. The number of anilines is 2. The summed E-state index contributed by atoms with van der Waals surface area (Å²) < 4.78 is 143. The third-order valence-electron chi connectivity index (χ3n) is 14.9. The van der Waals surface area contributed by atoms with Crippen molar-refractivity contribution in [3.05, 3.63) is 77.2 Å². The van der Waals surface area contributed by atoms with Crippen molar-refractivity contribution in [3.8, 4) is 0 Å². The largest absolute Gasteiger partial charge is 0.382 e. The summed E-state index contributed by atoms with van der Waals surface area (Å²) in [7, 11) is -5.79. The highest BCUT2D eigenvalue weighted by Gasteiger charge is 2.44. The molecule has 1 fully saturated rings. The molecule has 2 aliphatic rings. The molecular formula is C64H98N3O23S2+. The smallest absolute Gasteiger partial charge is 0.363 e. The molecule has 2 aliphatic heterocycles. The van der Waals surface area contributed by atoms with Crippen LogP contribution in [0, 0.1) is 0 Å². The van der Waals surface area contributed by atoms with Gasteiger partial charge in [0.25, 0.3) is 32.1 Å². The molecule has 26 nitrogen and oxygen atoms in total. The first kappa shape index (κ1) is 77.6. The molecule has 0 saturated carbocycles. The summed E-state index contributed by atoms with van der Waals surface area (Å²) in [5, 5.41) is 1.42. The standard InChI is InChI=1S/C64H97N3O23S2/c1-63(2,3)55-49-52(12-10-13-59-64(4,21-11-47-91(71,72)73)56-50-53(92(74,75)76)16-18-57(56)66(59)22-9-7-8-14-62(70)90-67-60(68)19-20-61(67)69)89-58-48-51(15-17-54(55)58)65(23-25-79-31-33-83-39-41-87-45-43-85-37-35-81-29-27-77-5)24-26-80-32-34-84-40-42-88-46-44-86-38-36-82-30-28-78-6/h10,12-13,15-18,48-50H,7-9,11,14,19-47H2,1-6H3,(H-,71,72,73,74,75,76)/p+1/b12-10+,59-13+. The lowest BCUT2D eigenvalue weighted by molar-refractivity contribution is -0.197. The van der Waals surface area contributed by atoms with Crippen LogP contribution in [0.4, 0.5) is 11.4 Å². The summed E-state index contributed by atoms with van der Waals surface area (Å²) in [6.07, 6.45) is 6.91. The fourth-order valence-corrected chi connectivity index (χ4v) is 11.1. The molecule has 0 radical (unpaired) electrons. The molecule has 0 bridgehead atoms. The van der Waals surface area contributed by atoms with Crippen LogP contribution < -0.4 is 9.80 Å². The number of rotatable bonds is 51. The van der Waals surface area contributed by atoms with Crippen LogP contribution in [0.15, 0.2) is 69.6 Å². The van der Waals surface area contributed by atoms with E-state index in [1.807, 2.05) is 48.3 Å². The number of carbonyl (C=O) groups excluding carboxylic acids is 3. The topological polar surface area (TPSA) is 301 Å². The van der Waals surface area contributed by atoms with Gasteiger partial charge in [-0.15, -0.1) is 5.06 Å². The summed E-state index contributed by atoms with van der Waals surface area (Å²) in [6.45, 7) is 19.4. The van der Waals surface area contributed by atoms with Crippen LogP contribution in [-0.2, 0) is 107 Å². The van der Waals surface area contributed by atoms with Crippen molar-refractivity contribution in [2.24, 2.45) is 0 Å². The van der Waals surface area contributed by atoms with E-state index in [2.05, 4.69) is 31.7 Å². The van der Waals surface area contributed by atoms with Crippen molar-refractivity contribution < 1.29 is 106 Å². The molecule has 28 heteroatoms. The number of ether oxygens (including phenoxy) is 12. The van der Waals surface area contributed by atoms with E-state index in [0.717, 1.165) is 16.6 Å². The molecule has 0 spiro atoms. The molecule has 518 valence electrons. The van der Waals surface area contributed by atoms with Crippen molar-refractivity contribution in [1.29, 1.82) is 0 Å². The third kappa shape index (κ3) is 28.1. The second-order valence-corrected chi connectivity index (χ2v) is 25.9. The Morgan fingerprint density at radius 1 is 0.630 bits per heavy atom. The van der Waals surface area contributed by atoms with Gasteiger partial charge in [0.05, 0.1) is 167 Å². The van der Waals surface area contributed by atoms with Gasteiger partial charge < -0.3 is 71.5 Å². The van der Waals surface area contributed by atoms with Gasteiger partial charge in [0.2, 0.25) is 0 Å². The van der Waals surface area contributed by atoms with Gasteiger partial charge in [0.1, 0.15) is 0 Å². The van der Waals surface area contributed by atoms with Gasteiger partial charge in [-0.05, 0) is 85.6 Å². The third-order valence-corrected chi connectivity index (χ3v) is 16.5. The van der Waals surface area contributed by atoms with Crippen molar-refractivity contribution in [1.82, 2.24) is 5.06 Å². The number of unbranched alkanes of at least 4 members (excludes halogenated alkanes) is 2. The fourth-order valence-electron chi connectivity index (χ4n) is 10.1. The van der Waals surface area contributed by atoms with E-state index in [0.29, 0.717) is 218 Å². The summed E-state index contributed by atoms with van der Waals surface area (Å²) in [5.41, 5.74) is 2.89. The number of nitrogens with zero attached hydrogens (tertiary/aromatic N) is 3. The number of allylic oxidation sites excluding steroid dienone is 3. The number of fused-ring (bicyclic) bond motifs is 2. The molecule has 5 rings (SSSR count). The summed E-state index contributed by atoms with van der Waals surface area (Å²) >= 11 is 0. The molecule has 3 aromatic rings. The molecule has 0 aliphatic carbocycles. The van der Waals surface area contributed by atoms with Crippen molar-refractivity contribution in [2.45, 2.75) is 94.8 Å². The first-order chi connectivity index (χ1) is 44.2. The quantitative estimate of drug-likeness (QED) is 0.0248. The van der Waals surface area contributed by atoms with Crippen molar-refractivity contribution in [2.75, 3.05) is 195 Å². The zero-order valence-electron chi connectivity index (χ0n) is 54.4. The van der Waals surface area contributed by atoms with E-state index in [-0.39, 0.29) is 42.4 Å². The van der Waals surface area contributed by atoms with Crippen LogP contribution in [-0.4, -0.2) is 234 Å². The van der Waals surface area contributed by atoms with Crippen LogP contribution in [0.3, 0.4) is 0 Å². The molecule has 1 aromatic heterocycles. The highest BCUT2D eigenvalue weighted by Crippen LogP contribution is 2.51. The molecular weight excluding hydrogens is 1240 g/mol. The van der Waals surface area contributed by atoms with Gasteiger partial charge >= 0.3 is 17.3 Å². The van der Waals surface area contributed by atoms with Crippen LogP contribution in [0.2, 0.25) is 0 Å². The second-order valence-electron chi connectivity index (χ2n) is 22.9. The van der Waals surface area contributed by atoms with E-state index in [1.54, 1.807) is 20.3 Å². The van der Waals surface area contributed by atoms with E-state index in [9.17, 15) is 40.3 Å². The lowest BCUT2D eigenvalue weighted by Gasteiger charge is -2.30. The first-order valence-corrected chi connectivity index (χ1v) is 34.4. The van der Waals surface area contributed by atoms with Crippen LogP contribution in [0.25, 0.3) is 17.0 Å². The first-order valence-electron chi connectivity index (χ1n) is 31.4. The molecule has 1 atom stereocenters. The Kier molecular flexibility index (Phi) is 35.1. The Hall–Kier alpha value is -5.12. The minimum atomic E-state index is -4.67. The minimum absolute atomic E-state index is 0.00217. The maximum atomic E-state index is 12.6. The monoisotopic (exact) mass is 1340 g/mol. The SMILES string of the molecule is COCCOCCOCCOCCOCCOCCN(CCOCCOCCOCCOCCOCCOC)c1ccc2c(C(C)(C)C)cc(/C=C/C=C3/N(CCCCCC(=O)ON4C(=O)CCC4=O)c4ccc(S(=O)(=O)O)cc4C3(C)CCCS(=O)(=O)O)[o+]c2c1. The summed E-state index contributed by atoms with van der Waals surface area (Å²) in [4.78, 5) is 45.5. The zero-order chi connectivity index (χ0) is 66.7. The van der Waals surface area contributed by atoms with E-state index >= 15 is 0 Å². The van der Waals surface area contributed by atoms with Crippen molar-refractivity contribution >= 4 is 66.4 Å². The molecule has 1 unspecified atom stereocenters. The predicted molar refractivity (Wildman–Crippen MR) is 343 cm³/mol. The van der Waals surface area contributed by atoms with Gasteiger partial charge in [0.15, 0.2) is 0 Å². The summed E-state index contributed by atoms with van der Waals surface area (Å²) in [6, 6.07) is 12.4. The van der Waals surface area contributed by atoms with Crippen LogP contribution in [0.5, 0.6) is 0 Å². The predicted octanol–water partition coefficient (Wildman–Crippen LogP) is 7.03. The minimum Gasteiger partial charge on any atom is -0.382 e. The van der Waals surface area contributed by atoms with Gasteiger partial charge in [0, 0.05) is 87.7 Å². The molecule has 92 heavy (non-hydrogen) atoms. The normalized spacial score (nSPS) is 15.9. The maximum Gasteiger partial charge on any atom is 0.363 e. The number of hydrogen-bond acceptors (Lipinski definition) is 22. The van der Waals surface area contributed by atoms with E-state index < -0.39 is 49.2 Å². The number of imide groups is 1. The van der Waals surface area contributed by atoms with Crippen molar-refractivity contribution in [3.63, 3.8) is 0 Å². The summed E-state index contributed by atoms with van der Waals surface area (Å²) in [5.74, 6) is -1.90. The molecule has 1 saturated heterocycles.